The smallest absolute Gasteiger partial charge is 0.342 e. The zero-order valence-electron chi connectivity index (χ0n) is 12.6. The second-order valence-electron chi connectivity index (χ2n) is 5.97. The number of carbonyl (C=O) groups excluding carboxylic acids is 1. The Morgan fingerprint density at radius 1 is 1.36 bits per heavy atom. The molecule has 1 fully saturated rings. The van der Waals surface area contributed by atoms with Crippen LogP contribution in [-0.4, -0.2) is 29.9 Å². The molecule has 2 atom stereocenters. The van der Waals surface area contributed by atoms with Crippen molar-refractivity contribution < 1.29 is 18.0 Å². The third kappa shape index (κ3) is 4.22. The molecule has 1 aliphatic rings. The van der Waals surface area contributed by atoms with Crippen molar-refractivity contribution in [2.75, 3.05) is 13.1 Å². The molecule has 122 valence electrons. The lowest BCUT2D eigenvalue weighted by Crippen LogP contribution is -2.45. The Morgan fingerprint density at radius 3 is 2.55 bits per heavy atom. The Morgan fingerprint density at radius 2 is 2.00 bits per heavy atom. The summed E-state index contributed by atoms with van der Waals surface area (Å²) in [4.78, 5) is 14.1. The number of carbonyl (C=O) groups is 1. The van der Waals surface area contributed by atoms with Crippen LogP contribution in [0, 0.1) is 5.92 Å². The van der Waals surface area contributed by atoms with Crippen molar-refractivity contribution in [2.24, 2.45) is 11.7 Å². The number of halogens is 3. The highest BCUT2D eigenvalue weighted by Gasteiger charge is 2.30. The second-order valence-corrected chi connectivity index (χ2v) is 5.97. The fourth-order valence-corrected chi connectivity index (χ4v) is 2.76. The van der Waals surface area contributed by atoms with E-state index in [0.717, 1.165) is 25.0 Å². The van der Waals surface area contributed by atoms with Gasteiger partial charge in [0, 0.05) is 19.1 Å². The van der Waals surface area contributed by atoms with E-state index >= 15 is 0 Å². The molecule has 1 heterocycles. The van der Waals surface area contributed by atoms with Gasteiger partial charge in [-0.05, 0) is 43.4 Å². The third-order valence-electron chi connectivity index (χ3n) is 4.19. The Bertz CT molecular complexity index is 511. The molecule has 0 bridgehead atoms. The van der Waals surface area contributed by atoms with Gasteiger partial charge in [-0.1, -0.05) is 12.1 Å². The van der Waals surface area contributed by atoms with Crippen molar-refractivity contribution in [1.82, 2.24) is 4.90 Å². The summed E-state index contributed by atoms with van der Waals surface area (Å²) in [5, 5.41) is 0. The number of hydrogen-bond acceptors (Lipinski definition) is 2. The molecule has 1 amide bonds. The summed E-state index contributed by atoms with van der Waals surface area (Å²) in [5.74, 6) is 0.246. The van der Waals surface area contributed by atoms with Gasteiger partial charge >= 0.3 is 6.18 Å². The lowest BCUT2D eigenvalue weighted by Gasteiger charge is -2.34. The lowest BCUT2D eigenvalue weighted by molar-refractivity contribution is -0.137. The second kappa shape index (κ2) is 6.69. The maximum Gasteiger partial charge on any atom is 0.416 e. The summed E-state index contributed by atoms with van der Waals surface area (Å²) in [7, 11) is 0. The summed E-state index contributed by atoms with van der Waals surface area (Å²) < 4.78 is 37.5. The van der Waals surface area contributed by atoms with Crippen molar-refractivity contribution in [1.29, 1.82) is 0 Å². The number of hydrogen-bond donors (Lipinski definition) is 1. The molecular weight excluding hydrogens is 293 g/mol. The number of nitrogens with zero attached hydrogens (tertiary/aromatic N) is 1. The number of alkyl halides is 3. The molecule has 2 rings (SSSR count). The van der Waals surface area contributed by atoms with Gasteiger partial charge in [0.25, 0.3) is 0 Å². The van der Waals surface area contributed by atoms with Crippen LogP contribution in [0.1, 0.15) is 30.9 Å². The highest BCUT2D eigenvalue weighted by Crippen LogP contribution is 2.29. The van der Waals surface area contributed by atoms with E-state index in [1.807, 2.05) is 6.92 Å². The number of piperidine rings is 1. The molecule has 2 unspecified atom stereocenters. The minimum Gasteiger partial charge on any atom is -0.342 e. The summed E-state index contributed by atoms with van der Waals surface area (Å²) in [6.45, 7) is 3.27. The van der Waals surface area contributed by atoms with Crippen molar-refractivity contribution in [3.8, 4) is 0 Å². The quantitative estimate of drug-likeness (QED) is 0.932. The monoisotopic (exact) mass is 314 g/mol. The molecule has 2 N–H and O–H groups in total. The predicted molar refractivity (Wildman–Crippen MR) is 78.1 cm³/mol. The molecule has 22 heavy (non-hydrogen) atoms. The van der Waals surface area contributed by atoms with Crippen LogP contribution in [0.4, 0.5) is 13.2 Å². The van der Waals surface area contributed by atoms with Crippen LogP contribution in [0.25, 0.3) is 0 Å². The van der Waals surface area contributed by atoms with Crippen molar-refractivity contribution >= 4 is 5.91 Å². The third-order valence-corrected chi connectivity index (χ3v) is 4.19. The number of rotatable bonds is 3. The highest BCUT2D eigenvalue weighted by atomic mass is 19.4. The molecule has 1 aromatic carbocycles. The first kappa shape index (κ1) is 16.8. The van der Waals surface area contributed by atoms with Crippen LogP contribution < -0.4 is 5.73 Å². The topological polar surface area (TPSA) is 46.3 Å². The molecule has 0 aromatic heterocycles. The maximum atomic E-state index is 12.5. The predicted octanol–water partition coefficient (Wildman–Crippen LogP) is 2.83. The summed E-state index contributed by atoms with van der Waals surface area (Å²) in [5.41, 5.74) is 5.80. The van der Waals surface area contributed by atoms with E-state index in [0.29, 0.717) is 24.6 Å². The highest BCUT2D eigenvalue weighted by molar-refractivity contribution is 5.78. The van der Waals surface area contributed by atoms with E-state index in [4.69, 9.17) is 5.73 Å². The van der Waals surface area contributed by atoms with Crippen LogP contribution in [0.2, 0.25) is 0 Å². The molecule has 0 aliphatic carbocycles. The van der Waals surface area contributed by atoms with Gasteiger partial charge < -0.3 is 10.6 Å². The van der Waals surface area contributed by atoms with Gasteiger partial charge in [0.2, 0.25) is 5.91 Å². The minimum atomic E-state index is -4.35. The number of amides is 1. The Balaban J connectivity index is 1.97. The average Bonchev–Trinajstić information content (AvgIpc) is 2.47. The summed E-state index contributed by atoms with van der Waals surface area (Å²) in [6.07, 6.45) is -2.28. The van der Waals surface area contributed by atoms with E-state index in [2.05, 4.69) is 0 Å². The van der Waals surface area contributed by atoms with Crippen molar-refractivity contribution in [2.45, 2.75) is 38.4 Å². The van der Waals surface area contributed by atoms with E-state index < -0.39 is 11.7 Å². The first-order chi connectivity index (χ1) is 10.3. The van der Waals surface area contributed by atoms with Crippen molar-refractivity contribution in [3.63, 3.8) is 0 Å². The van der Waals surface area contributed by atoms with Crippen LogP contribution in [0.3, 0.4) is 0 Å². The standard InChI is InChI=1S/C16H21F3N2O/c1-11(20)13-3-2-8-21(10-13)15(22)9-12-4-6-14(7-5-12)16(17,18)19/h4-7,11,13H,2-3,8-10,20H2,1H3. The van der Waals surface area contributed by atoms with E-state index in [9.17, 15) is 18.0 Å². The maximum absolute atomic E-state index is 12.5. The Kier molecular flexibility index (Phi) is 5.11. The zero-order valence-corrected chi connectivity index (χ0v) is 12.6. The van der Waals surface area contributed by atoms with Crippen LogP contribution in [-0.2, 0) is 17.4 Å². The molecule has 3 nitrogen and oxygen atoms in total. The van der Waals surface area contributed by atoms with Gasteiger partial charge in [-0.25, -0.2) is 0 Å². The largest absolute Gasteiger partial charge is 0.416 e. The summed E-state index contributed by atoms with van der Waals surface area (Å²) in [6, 6.07) is 4.82. The zero-order chi connectivity index (χ0) is 16.3. The first-order valence-electron chi connectivity index (χ1n) is 7.47. The molecule has 0 spiro atoms. The molecule has 6 heteroatoms. The van der Waals surface area contributed by atoms with E-state index in [1.165, 1.54) is 12.1 Å². The van der Waals surface area contributed by atoms with E-state index in [-0.39, 0.29) is 18.4 Å². The number of nitrogens with two attached hydrogens (primary N) is 1. The Hall–Kier alpha value is -1.56. The summed E-state index contributed by atoms with van der Waals surface area (Å²) >= 11 is 0. The van der Waals surface area contributed by atoms with Gasteiger partial charge in [0.15, 0.2) is 0 Å². The SMILES string of the molecule is CC(N)C1CCCN(C(=O)Cc2ccc(C(F)(F)F)cc2)C1. The normalized spacial score (nSPS) is 20.8. The molecule has 1 saturated heterocycles. The van der Waals surface area contributed by atoms with Crippen LogP contribution in [0.15, 0.2) is 24.3 Å². The molecule has 1 aromatic rings. The van der Waals surface area contributed by atoms with Gasteiger partial charge in [-0.2, -0.15) is 13.2 Å². The van der Waals surface area contributed by atoms with Crippen LogP contribution >= 0.6 is 0 Å². The molecule has 1 aliphatic heterocycles. The fraction of sp³-hybridized carbons (Fsp3) is 0.562. The van der Waals surface area contributed by atoms with Gasteiger partial charge in [0.1, 0.15) is 0 Å². The van der Waals surface area contributed by atoms with Gasteiger partial charge in [0.05, 0.1) is 12.0 Å². The molecular formula is C16H21F3N2O. The van der Waals surface area contributed by atoms with Gasteiger partial charge in [-0.3, -0.25) is 4.79 Å². The molecule has 0 saturated carbocycles. The van der Waals surface area contributed by atoms with E-state index in [1.54, 1.807) is 4.90 Å². The Labute approximate surface area is 128 Å². The number of likely N-dealkylation sites (tertiary alicyclic amines) is 1. The molecule has 0 radical (unpaired) electrons. The van der Waals surface area contributed by atoms with Gasteiger partial charge in [-0.15, -0.1) is 0 Å². The number of benzene rings is 1. The minimum absolute atomic E-state index is 0.0432. The fourth-order valence-electron chi connectivity index (χ4n) is 2.76. The van der Waals surface area contributed by atoms with Crippen molar-refractivity contribution in [3.05, 3.63) is 35.4 Å². The van der Waals surface area contributed by atoms with Crippen LogP contribution in [0.5, 0.6) is 0 Å². The first-order valence-corrected chi connectivity index (χ1v) is 7.47. The lowest BCUT2D eigenvalue weighted by atomic mass is 9.92. The average molecular weight is 314 g/mol.